The fourth-order valence-corrected chi connectivity index (χ4v) is 2.21. The van der Waals surface area contributed by atoms with Crippen LogP contribution < -0.4 is 5.32 Å². The molecule has 0 amide bonds. The van der Waals surface area contributed by atoms with Crippen molar-refractivity contribution in [3.63, 3.8) is 0 Å². The molecular weight excluding hydrogens is 295 g/mol. The molecule has 1 aromatic heterocycles. The number of nitrogens with one attached hydrogen (secondary N) is 1. The first-order valence-corrected chi connectivity index (χ1v) is 7.24. The van der Waals surface area contributed by atoms with Gasteiger partial charge in [-0.15, -0.1) is 0 Å². The molecule has 1 aromatic rings. The Hall–Kier alpha value is -1.21. The topological polar surface area (TPSA) is 47.0 Å². The predicted octanol–water partition coefficient (Wildman–Crippen LogP) is 3.14. The third-order valence-corrected chi connectivity index (χ3v) is 3.38. The Balaban J connectivity index is 2.57. The lowest BCUT2D eigenvalue weighted by atomic mass is 10.00. The van der Waals surface area contributed by atoms with Crippen LogP contribution in [0.1, 0.15) is 44.4 Å². The minimum Gasteiger partial charge on any atom is -0.379 e. The second-order valence-electron chi connectivity index (χ2n) is 6.08. The molecule has 126 valence electrons. The first kappa shape index (κ1) is 18.8. The van der Waals surface area contributed by atoms with Crippen LogP contribution in [0.4, 0.5) is 13.2 Å². The molecule has 22 heavy (non-hydrogen) atoms. The Kier molecular flexibility index (Phi) is 6.31. The molecule has 0 saturated heterocycles. The van der Waals surface area contributed by atoms with E-state index >= 15 is 0 Å². The minimum absolute atomic E-state index is 0.182. The highest BCUT2D eigenvalue weighted by Crippen LogP contribution is 2.27. The number of aromatic nitrogens is 2. The molecule has 1 rings (SSSR count). The summed E-state index contributed by atoms with van der Waals surface area (Å²) in [6.07, 6.45) is -3.29. The van der Waals surface area contributed by atoms with Gasteiger partial charge in [0.1, 0.15) is 11.5 Å². The van der Waals surface area contributed by atoms with Crippen molar-refractivity contribution in [3.05, 3.63) is 23.3 Å². The number of alkyl halides is 3. The van der Waals surface area contributed by atoms with Gasteiger partial charge in [0.05, 0.1) is 5.60 Å². The molecular formula is C15H24F3N3O. The normalized spacial score (nSPS) is 14.2. The molecule has 0 saturated carbocycles. The van der Waals surface area contributed by atoms with E-state index in [1.54, 1.807) is 7.11 Å². The molecule has 1 atom stereocenters. The first-order chi connectivity index (χ1) is 10.0. The Bertz CT molecular complexity index is 489. The Morgan fingerprint density at radius 3 is 2.45 bits per heavy atom. The van der Waals surface area contributed by atoms with Gasteiger partial charge in [-0.25, -0.2) is 9.97 Å². The Morgan fingerprint density at radius 2 is 1.91 bits per heavy atom. The predicted molar refractivity (Wildman–Crippen MR) is 78.6 cm³/mol. The van der Waals surface area contributed by atoms with Crippen molar-refractivity contribution in [2.24, 2.45) is 0 Å². The number of hydrogen-bond acceptors (Lipinski definition) is 4. The van der Waals surface area contributed by atoms with Gasteiger partial charge in [0.25, 0.3) is 0 Å². The quantitative estimate of drug-likeness (QED) is 0.839. The van der Waals surface area contributed by atoms with E-state index < -0.39 is 11.9 Å². The SMILES string of the molecule is COC(C)(C)CC(C)NCCc1nc(C)cc(C(F)(F)F)n1. The summed E-state index contributed by atoms with van der Waals surface area (Å²) in [5.41, 5.74) is -0.801. The standard InChI is InChI=1S/C15H24F3N3O/c1-10-8-12(15(16,17)18)21-13(20-10)6-7-19-11(2)9-14(3,4)22-5/h8,11,19H,6-7,9H2,1-5H3. The molecule has 0 fully saturated rings. The molecule has 0 bridgehead atoms. The van der Waals surface area contributed by atoms with Gasteiger partial charge in [-0.05, 0) is 40.2 Å². The lowest BCUT2D eigenvalue weighted by Gasteiger charge is -2.27. The van der Waals surface area contributed by atoms with Crippen molar-refractivity contribution in [1.29, 1.82) is 0 Å². The van der Waals surface area contributed by atoms with Gasteiger partial charge in [-0.2, -0.15) is 13.2 Å². The number of halogens is 3. The first-order valence-electron chi connectivity index (χ1n) is 7.24. The molecule has 7 heteroatoms. The highest BCUT2D eigenvalue weighted by molar-refractivity contribution is 5.13. The van der Waals surface area contributed by atoms with Crippen LogP contribution >= 0.6 is 0 Å². The maximum absolute atomic E-state index is 12.7. The van der Waals surface area contributed by atoms with Crippen molar-refractivity contribution in [2.75, 3.05) is 13.7 Å². The van der Waals surface area contributed by atoms with Crippen LogP contribution in [0.3, 0.4) is 0 Å². The summed E-state index contributed by atoms with van der Waals surface area (Å²) >= 11 is 0. The van der Waals surface area contributed by atoms with Crippen molar-refractivity contribution in [3.8, 4) is 0 Å². The Labute approximate surface area is 129 Å². The van der Waals surface area contributed by atoms with E-state index in [-0.39, 0.29) is 17.5 Å². The summed E-state index contributed by atoms with van der Waals surface area (Å²) in [5, 5.41) is 3.26. The lowest BCUT2D eigenvalue weighted by molar-refractivity contribution is -0.141. The van der Waals surface area contributed by atoms with Crippen LogP contribution in [0.2, 0.25) is 0 Å². The van der Waals surface area contributed by atoms with Crippen LogP contribution in [-0.2, 0) is 17.3 Å². The summed E-state index contributed by atoms with van der Waals surface area (Å²) < 4.78 is 43.5. The van der Waals surface area contributed by atoms with Crippen LogP contribution in [0.15, 0.2) is 6.07 Å². The lowest BCUT2D eigenvalue weighted by Crippen LogP contribution is -2.36. The van der Waals surface area contributed by atoms with Crippen molar-refractivity contribution >= 4 is 0 Å². The zero-order valence-corrected chi connectivity index (χ0v) is 13.7. The third-order valence-electron chi connectivity index (χ3n) is 3.38. The van der Waals surface area contributed by atoms with Crippen molar-refractivity contribution < 1.29 is 17.9 Å². The molecule has 0 aromatic carbocycles. The maximum Gasteiger partial charge on any atom is 0.433 e. The molecule has 0 radical (unpaired) electrons. The number of nitrogens with zero attached hydrogens (tertiary/aromatic N) is 2. The zero-order chi connectivity index (χ0) is 17.0. The van der Waals surface area contributed by atoms with Crippen molar-refractivity contribution in [2.45, 2.75) is 58.4 Å². The smallest absolute Gasteiger partial charge is 0.379 e. The van der Waals surface area contributed by atoms with Crippen LogP contribution in [-0.4, -0.2) is 35.3 Å². The number of hydrogen-bond donors (Lipinski definition) is 1. The van der Waals surface area contributed by atoms with E-state index in [9.17, 15) is 13.2 Å². The van der Waals surface area contributed by atoms with Gasteiger partial charge < -0.3 is 10.1 Å². The molecule has 0 aliphatic carbocycles. The second kappa shape index (κ2) is 7.37. The summed E-state index contributed by atoms with van der Waals surface area (Å²) in [4.78, 5) is 7.65. The van der Waals surface area contributed by atoms with Crippen LogP contribution in [0, 0.1) is 6.92 Å². The van der Waals surface area contributed by atoms with E-state index in [1.165, 1.54) is 6.92 Å². The zero-order valence-electron chi connectivity index (χ0n) is 13.7. The number of methoxy groups -OCH3 is 1. The largest absolute Gasteiger partial charge is 0.433 e. The van der Waals surface area contributed by atoms with E-state index in [0.29, 0.717) is 18.7 Å². The maximum atomic E-state index is 12.7. The molecule has 0 aliphatic heterocycles. The van der Waals surface area contributed by atoms with Gasteiger partial charge in [-0.3, -0.25) is 0 Å². The van der Waals surface area contributed by atoms with Crippen LogP contribution in [0.25, 0.3) is 0 Å². The molecule has 1 heterocycles. The summed E-state index contributed by atoms with van der Waals surface area (Å²) in [5.74, 6) is 0.207. The van der Waals surface area contributed by atoms with Gasteiger partial charge in [-0.1, -0.05) is 0 Å². The summed E-state index contributed by atoms with van der Waals surface area (Å²) in [7, 11) is 1.66. The summed E-state index contributed by atoms with van der Waals surface area (Å²) in [6, 6.07) is 1.14. The average molecular weight is 319 g/mol. The van der Waals surface area contributed by atoms with Gasteiger partial charge in [0.15, 0.2) is 0 Å². The molecule has 0 aliphatic rings. The molecule has 4 nitrogen and oxygen atoms in total. The fourth-order valence-electron chi connectivity index (χ4n) is 2.21. The van der Waals surface area contributed by atoms with Crippen LogP contribution in [0.5, 0.6) is 0 Å². The average Bonchev–Trinajstić information content (AvgIpc) is 2.36. The highest BCUT2D eigenvalue weighted by Gasteiger charge is 2.33. The molecule has 1 N–H and O–H groups in total. The van der Waals surface area contributed by atoms with E-state index in [1.807, 2.05) is 20.8 Å². The van der Waals surface area contributed by atoms with E-state index in [0.717, 1.165) is 12.5 Å². The summed E-state index contributed by atoms with van der Waals surface area (Å²) in [6.45, 7) is 8.05. The minimum atomic E-state index is -4.44. The fraction of sp³-hybridized carbons (Fsp3) is 0.733. The third kappa shape index (κ3) is 6.27. The molecule has 1 unspecified atom stereocenters. The van der Waals surface area contributed by atoms with Crippen molar-refractivity contribution in [1.82, 2.24) is 15.3 Å². The van der Waals surface area contributed by atoms with E-state index in [4.69, 9.17) is 4.74 Å². The number of aryl methyl sites for hydroxylation is 1. The Morgan fingerprint density at radius 1 is 1.27 bits per heavy atom. The monoisotopic (exact) mass is 319 g/mol. The molecule has 0 spiro atoms. The van der Waals surface area contributed by atoms with Gasteiger partial charge in [0, 0.05) is 31.8 Å². The second-order valence-corrected chi connectivity index (χ2v) is 6.08. The van der Waals surface area contributed by atoms with E-state index in [2.05, 4.69) is 15.3 Å². The van der Waals surface area contributed by atoms with Gasteiger partial charge in [0.2, 0.25) is 0 Å². The number of rotatable bonds is 7. The van der Waals surface area contributed by atoms with Gasteiger partial charge >= 0.3 is 6.18 Å². The highest BCUT2D eigenvalue weighted by atomic mass is 19.4. The number of ether oxygens (including phenoxy) is 1.